The molecule has 20 heavy (non-hydrogen) atoms. The van der Waals surface area contributed by atoms with E-state index in [9.17, 15) is 13.2 Å². The molecule has 0 aliphatic carbocycles. The zero-order valence-electron chi connectivity index (χ0n) is 12.0. The van der Waals surface area contributed by atoms with Gasteiger partial charge in [-0.1, -0.05) is 6.07 Å². The maximum Gasteiger partial charge on any atom is 0.254 e. The second-order valence-electron chi connectivity index (χ2n) is 5.36. The summed E-state index contributed by atoms with van der Waals surface area (Å²) in [5.41, 5.74) is 1.27. The predicted octanol–water partition coefficient (Wildman–Crippen LogP) is 0.832. The molecule has 1 fully saturated rings. The number of benzene rings is 1. The van der Waals surface area contributed by atoms with Crippen LogP contribution in [0.5, 0.6) is 0 Å². The number of hydrogen-bond donors (Lipinski definition) is 1. The van der Waals surface area contributed by atoms with Gasteiger partial charge < -0.3 is 10.2 Å². The number of piperazine rings is 1. The monoisotopic (exact) mass is 296 g/mol. The van der Waals surface area contributed by atoms with E-state index in [0.29, 0.717) is 18.7 Å². The van der Waals surface area contributed by atoms with Crippen molar-refractivity contribution in [3.05, 3.63) is 29.3 Å². The minimum absolute atomic E-state index is 0.0960. The largest absolute Gasteiger partial charge is 0.336 e. The van der Waals surface area contributed by atoms with Crippen LogP contribution in [-0.4, -0.2) is 51.2 Å². The summed E-state index contributed by atoms with van der Waals surface area (Å²) < 4.78 is 23.2. The summed E-state index contributed by atoms with van der Waals surface area (Å²) in [5, 5.41) is 3.28. The molecule has 6 heteroatoms. The van der Waals surface area contributed by atoms with E-state index in [-0.39, 0.29) is 16.8 Å². The Morgan fingerprint density at radius 3 is 2.70 bits per heavy atom. The maximum atomic E-state index is 12.5. The molecule has 1 N–H and O–H groups in total. The summed E-state index contributed by atoms with van der Waals surface area (Å²) in [6.45, 7) is 5.90. The zero-order chi connectivity index (χ0) is 14.9. The average molecular weight is 296 g/mol. The number of nitrogens with zero attached hydrogens (tertiary/aromatic N) is 1. The molecule has 0 bridgehead atoms. The van der Waals surface area contributed by atoms with E-state index in [1.54, 1.807) is 17.0 Å². The normalized spacial score (nSPS) is 19.9. The minimum atomic E-state index is -3.30. The summed E-state index contributed by atoms with van der Waals surface area (Å²) in [6.07, 6.45) is 1.15. The SMILES string of the molecule is Cc1ccc(S(C)(=O)=O)cc1C(=O)N1CCNC(C)C1. The lowest BCUT2D eigenvalue weighted by atomic mass is 10.1. The minimum Gasteiger partial charge on any atom is -0.336 e. The fourth-order valence-electron chi connectivity index (χ4n) is 2.35. The highest BCUT2D eigenvalue weighted by atomic mass is 32.2. The number of aryl methyl sites for hydroxylation is 1. The van der Waals surface area contributed by atoms with Gasteiger partial charge >= 0.3 is 0 Å². The zero-order valence-corrected chi connectivity index (χ0v) is 12.8. The molecule has 5 nitrogen and oxygen atoms in total. The van der Waals surface area contributed by atoms with Crippen molar-refractivity contribution in [2.24, 2.45) is 0 Å². The predicted molar refractivity (Wildman–Crippen MR) is 77.7 cm³/mol. The van der Waals surface area contributed by atoms with Crippen LogP contribution in [-0.2, 0) is 9.84 Å². The number of hydrogen-bond acceptors (Lipinski definition) is 4. The van der Waals surface area contributed by atoms with Crippen molar-refractivity contribution < 1.29 is 13.2 Å². The van der Waals surface area contributed by atoms with Gasteiger partial charge in [0.25, 0.3) is 5.91 Å². The average Bonchev–Trinajstić information content (AvgIpc) is 2.37. The number of carbonyl (C=O) groups excluding carboxylic acids is 1. The quantitative estimate of drug-likeness (QED) is 0.878. The van der Waals surface area contributed by atoms with Crippen LogP contribution in [0.1, 0.15) is 22.8 Å². The first kappa shape index (κ1) is 15.0. The van der Waals surface area contributed by atoms with Crippen LogP contribution in [0.4, 0.5) is 0 Å². The Hall–Kier alpha value is -1.40. The van der Waals surface area contributed by atoms with Crippen molar-refractivity contribution in [3.63, 3.8) is 0 Å². The van der Waals surface area contributed by atoms with Gasteiger partial charge in [0.05, 0.1) is 4.90 Å². The Bertz CT molecular complexity index is 625. The van der Waals surface area contributed by atoms with Gasteiger partial charge in [-0.15, -0.1) is 0 Å². The highest BCUT2D eigenvalue weighted by Gasteiger charge is 2.23. The lowest BCUT2D eigenvalue weighted by Crippen LogP contribution is -2.51. The van der Waals surface area contributed by atoms with Crippen LogP contribution in [0.2, 0.25) is 0 Å². The summed E-state index contributed by atoms with van der Waals surface area (Å²) in [5.74, 6) is -0.0960. The van der Waals surface area contributed by atoms with Crippen molar-refractivity contribution in [2.75, 3.05) is 25.9 Å². The fourth-order valence-corrected chi connectivity index (χ4v) is 3.00. The number of carbonyl (C=O) groups is 1. The molecule has 1 unspecified atom stereocenters. The Kier molecular flexibility index (Phi) is 4.15. The van der Waals surface area contributed by atoms with Crippen LogP contribution in [0.25, 0.3) is 0 Å². The van der Waals surface area contributed by atoms with E-state index in [2.05, 4.69) is 5.32 Å². The molecule has 0 spiro atoms. The van der Waals surface area contributed by atoms with E-state index in [0.717, 1.165) is 18.4 Å². The van der Waals surface area contributed by atoms with E-state index in [4.69, 9.17) is 0 Å². The van der Waals surface area contributed by atoms with Gasteiger partial charge in [0.15, 0.2) is 9.84 Å². The van der Waals surface area contributed by atoms with Gasteiger partial charge in [-0.25, -0.2) is 8.42 Å². The lowest BCUT2D eigenvalue weighted by molar-refractivity contribution is 0.0708. The molecule has 1 amide bonds. The van der Waals surface area contributed by atoms with Crippen molar-refractivity contribution in [1.82, 2.24) is 10.2 Å². The molecule has 1 aromatic carbocycles. The van der Waals surface area contributed by atoms with Crippen LogP contribution in [0.3, 0.4) is 0 Å². The van der Waals surface area contributed by atoms with Crippen molar-refractivity contribution in [3.8, 4) is 0 Å². The molecule has 0 radical (unpaired) electrons. The first-order chi connectivity index (χ1) is 9.29. The third-order valence-electron chi connectivity index (χ3n) is 3.52. The third-order valence-corrected chi connectivity index (χ3v) is 4.63. The number of amides is 1. The van der Waals surface area contributed by atoms with Crippen molar-refractivity contribution in [2.45, 2.75) is 24.8 Å². The summed E-state index contributed by atoms with van der Waals surface area (Å²) >= 11 is 0. The Labute approximate surface area is 119 Å². The van der Waals surface area contributed by atoms with Crippen molar-refractivity contribution >= 4 is 15.7 Å². The molecular formula is C14H20N2O3S. The van der Waals surface area contributed by atoms with Gasteiger partial charge in [0.2, 0.25) is 0 Å². The molecule has 0 aromatic heterocycles. The topological polar surface area (TPSA) is 66.5 Å². The van der Waals surface area contributed by atoms with Crippen molar-refractivity contribution in [1.29, 1.82) is 0 Å². The molecule has 1 saturated heterocycles. The summed E-state index contributed by atoms with van der Waals surface area (Å²) in [7, 11) is -3.30. The van der Waals surface area contributed by atoms with Gasteiger partial charge in [-0.05, 0) is 31.5 Å². The Morgan fingerprint density at radius 1 is 1.40 bits per heavy atom. The highest BCUT2D eigenvalue weighted by molar-refractivity contribution is 7.90. The van der Waals surface area contributed by atoms with Gasteiger partial charge in [0, 0.05) is 37.5 Å². The molecule has 1 aromatic rings. The molecule has 1 atom stereocenters. The van der Waals surface area contributed by atoms with Gasteiger partial charge in [-0.3, -0.25) is 4.79 Å². The smallest absolute Gasteiger partial charge is 0.254 e. The van der Waals surface area contributed by atoms with Crippen LogP contribution in [0, 0.1) is 6.92 Å². The second-order valence-corrected chi connectivity index (χ2v) is 7.37. The Morgan fingerprint density at radius 2 is 2.10 bits per heavy atom. The molecule has 0 saturated carbocycles. The highest BCUT2D eigenvalue weighted by Crippen LogP contribution is 2.18. The van der Waals surface area contributed by atoms with E-state index in [1.165, 1.54) is 6.07 Å². The third kappa shape index (κ3) is 3.19. The van der Waals surface area contributed by atoms with E-state index in [1.807, 2.05) is 13.8 Å². The molecule has 1 aliphatic rings. The Balaban J connectivity index is 2.34. The van der Waals surface area contributed by atoms with Gasteiger partial charge in [-0.2, -0.15) is 0 Å². The first-order valence-corrected chi connectivity index (χ1v) is 8.51. The van der Waals surface area contributed by atoms with Crippen LogP contribution < -0.4 is 5.32 Å². The number of nitrogens with one attached hydrogen (secondary N) is 1. The summed E-state index contributed by atoms with van der Waals surface area (Å²) in [6, 6.07) is 4.97. The molecule has 1 heterocycles. The van der Waals surface area contributed by atoms with Crippen LogP contribution in [0.15, 0.2) is 23.1 Å². The fraction of sp³-hybridized carbons (Fsp3) is 0.500. The molecule has 2 rings (SSSR count). The maximum absolute atomic E-state index is 12.5. The second kappa shape index (κ2) is 5.54. The molecule has 110 valence electrons. The van der Waals surface area contributed by atoms with E-state index < -0.39 is 9.84 Å². The van der Waals surface area contributed by atoms with Crippen LogP contribution >= 0.6 is 0 Å². The van der Waals surface area contributed by atoms with Gasteiger partial charge in [0.1, 0.15) is 0 Å². The van der Waals surface area contributed by atoms with E-state index >= 15 is 0 Å². The molecular weight excluding hydrogens is 276 g/mol. The standard InChI is InChI=1S/C14H20N2O3S/c1-10-4-5-12(20(3,18)19)8-13(10)14(17)16-7-6-15-11(2)9-16/h4-5,8,11,15H,6-7,9H2,1-3H3. The number of sulfone groups is 1. The first-order valence-electron chi connectivity index (χ1n) is 6.62. The summed E-state index contributed by atoms with van der Waals surface area (Å²) in [4.78, 5) is 14.5. The lowest BCUT2D eigenvalue weighted by Gasteiger charge is -2.32. The molecule has 1 aliphatic heterocycles. The number of rotatable bonds is 2.